The van der Waals surface area contributed by atoms with Gasteiger partial charge in [0, 0.05) is 28.0 Å². The molecule has 2 N–H and O–H groups in total. The molecule has 102 valence electrons. The van der Waals surface area contributed by atoms with E-state index in [4.69, 9.17) is 0 Å². The number of fused-ring (bicyclic) bond motifs is 3. The minimum Gasteiger partial charge on any atom is -0.370 e. The molecule has 0 atom stereocenters. The zero-order chi connectivity index (χ0) is 14.3. The van der Waals surface area contributed by atoms with Crippen molar-refractivity contribution in [2.75, 3.05) is 11.9 Å². The molecule has 0 aliphatic carbocycles. The molecule has 0 spiro atoms. The third kappa shape index (κ3) is 2.20. The van der Waals surface area contributed by atoms with Crippen LogP contribution in [0.15, 0.2) is 33.7 Å². The molecule has 2 aromatic heterocycles. The van der Waals surface area contributed by atoms with Crippen LogP contribution in [0.25, 0.3) is 21.7 Å². The van der Waals surface area contributed by atoms with Gasteiger partial charge in [0.05, 0.1) is 14.5 Å². The Morgan fingerprint density at radius 1 is 1.40 bits per heavy atom. The fourth-order valence-corrected chi connectivity index (χ4v) is 3.17. The van der Waals surface area contributed by atoms with Gasteiger partial charge in [0.2, 0.25) is 0 Å². The van der Waals surface area contributed by atoms with Crippen LogP contribution in [0.1, 0.15) is 6.92 Å². The lowest BCUT2D eigenvalue weighted by Gasteiger charge is -2.11. The van der Waals surface area contributed by atoms with Crippen molar-refractivity contribution in [1.82, 2.24) is 9.97 Å². The number of hydrogen-bond acceptors (Lipinski definition) is 3. The second-order valence-corrected chi connectivity index (χ2v) is 6.45. The number of nitrogens with zero attached hydrogens (tertiary/aromatic N) is 1. The van der Waals surface area contributed by atoms with Crippen LogP contribution in [0.4, 0.5) is 5.82 Å². The molecule has 0 amide bonds. The molecule has 0 aliphatic rings. The maximum atomic E-state index is 12.2. The Hall–Kier alpha value is -1.15. The van der Waals surface area contributed by atoms with E-state index in [2.05, 4.69) is 53.8 Å². The van der Waals surface area contributed by atoms with Gasteiger partial charge >= 0.3 is 0 Å². The van der Waals surface area contributed by atoms with Gasteiger partial charge in [-0.2, -0.15) is 0 Å². The van der Waals surface area contributed by atoms with Crippen molar-refractivity contribution in [3.63, 3.8) is 0 Å². The number of H-pyrrole nitrogens is 1. The van der Waals surface area contributed by atoms with Gasteiger partial charge in [-0.05, 0) is 47.7 Å². The Bertz CT molecular complexity index is 876. The van der Waals surface area contributed by atoms with Gasteiger partial charge in [0.25, 0.3) is 5.56 Å². The highest BCUT2D eigenvalue weighted by atomic mass is 127. The van der Waals surface area contributed by atoms with Gasteiger partial charge in [-0.1, -0.05) is 15.9 Å². The fourth-order valence-electron chi connectivity index (χ4n) is 2.26. The Morgan fingerprint density at radius 2 is 2.20 bits per heavy atom. The normalized spacial score (nSPS) is 11.2. The van der Waals surface area contributed by atoms with E-state index in [-0.39, 0.29) is 5.56 Å². The molecule has 0 unspecified atom stereocenters. The first-order chi connectivity index (χ1) is 9.61. The number of nitrogens with one attached hydrogen (secondary N) is 2. The van der Waals surface area contributed by atoms with Crippen molar-refractivity contribution in [3.8, 4) is 0 Å². The third-order valence-electron chi connectivity index (χ3n) is 3.09. The lowest BCUT2D eigenvalue weighted by molar-refractivity contribution is 1.18. The Kier molecular flexibility index (Phi) is 3.68. The van der Waals surface area contributed by atoms with Gasteiger partial charge in [-0.3, -0.25) is 4.79 Å². The summed E-state index contributed by atoms with van der Waals surface area (Å²) in [5, 5.41) is 5.76. The third-order valence-corrected chi connectivity index (χ3v) is 4.41. The van der Waals surface area contributed by atoms with Crippen LogP contribution < -0.4 is 10.9 Å². The zero-order valence-corrected chi connectivity index (χ0v) is 14.4. The molecule has 0 aliphatic heterocycles. The molecule has 0 bridgehead atoms. The summed E-state index contributed by atoms with van der Waals surface area (Å²) in [6, 6.07) is 5.90. The quantitative estimate of drug-likeness (QED) is 0.466. The number of anilines is 1. The average Bonchev–Trinajstić information content (AvgIpc) is 2.43. The monoisotopic (exact) mass is 443 g/mol. The molecule has 0 fully saturated rings. The summed E-state index contributed by atoms with van der Waals surface area (Å²) in [5.74, 6) is 0.811. The largest absolute Gasteiger partial charge is 0.370 e. The summed E-state index contributed by atoms with van der Waals surface area (Å²) in [4.78, 5) is 19.6. The summed E-state index contributed by atoms with van der Waals surface area (Å²) < 4.78 is 1.87. The van der Waals surface area contributed by atoms with E-state index < -0.39 is 0 Å². The molecule has 2 heterocycles. The zero-order valence-electron chi connectivity index (χ0n) is 10.6. The highest BCUT2D eigenvalue weighted by Crippen LogP contribution is 2.31. The van der Waals surface area contributed by atoms with Gasteiger partial charge in [-0.25, -0.2) is 4.98 Å². The van der Waals surface area contributed by atoms with E-state index in [1.54, 1.807) is 6.20 Å². The number of rotatable bonds is 2. The van der Waals surface area contributed by atoms with Crippen molar-refractivity contribution < 1.29 is 0 Å². The number of aromatic nitrogens is 2. The summed E-state index contributed by atoms with van der Waals surface area (Å²) in [6.45, 7) is 2.81. The van der Waals surface area contributed by atoms with Gasteiger partial charge in [0.1, 0.15) is 5.82 Å². The molecule has 4 nitrogen and oxygen atoms in total. The van der Waals surface area contributed by atoms with Gasteiger partial charge in [-0.15, -0.1) is 0 Å². The maximum absolute atomic E-state index is 12.2. The summed E-state index contributed by atoms with van der Waals surface area (Å²) >= 11 is 5.66. The highest BCUT2D eigenvalue weighted by molar-refractivity contribution is 14.1. The van der Waals surface area contributed by atoms with Crippen LogP contribution >= 0.6 is 38.5 Å². The smallest absolute Gasteiger partial charge is 0.258 e. The van der Waals surface area contributed by atoms with Crippen molar-refractivity contribution in [2.24, 2.45) is 0 Å². The van der Waals surface area contributed by atoms with Crippen LogP contribution in [-0.4, -0.2) is 16.5 Å². The van der Waals surface area contributed by atoms with Crippen LogP contribution in [-0.2, 0) is 0 Å². The molecular formula is C14H11BrIN3O. The first kappa shape index (κ1) is 13.8. The Balaban J connectivity index is 2.59. The van der Waals surface area contributed by atoms with E-state index in [0.717, 1.165) is 36.7 Å². The number of aromatic amines is 1. The van der Waals surface area contributed by atoms with E-state index in [9.17, 15) is 4.79 Å². The van der Waals surface area contributed by atoms with E-state index in [1.165, 1.54) is 0 Å². The Labute approximate surface area is 137 Å². The summed E-state index contributed by atoms with van der Waals surface area (Å²) in [5.41, 5.74) is 0.620. The number of benzene rings is 1. The number of halogens is 2. The molecule has 3 rings (SSSR count). The van der Waals surface area contributed by atoms with Crippen LogP contribution in [0, 0.1) is 3.57 Å². The second-order valence-electron chi connectivity index (χ2n) is 4.37. The molecular weight excluding hydrogens is 433 g/mol. The van der Waals surface area contributed by atoms with Crippen LogP contribution in [0.2, 0.25) is 0 Å². The van der Waals surface area contributed by atoms with Crippen molar-refractivity contribution in [3.05, 3.63) is 42.8 Å². The summed E-state index contributed by atoms with van der Waals surface area (Å²) in [6.07, 6.45) is 1.69. The van der Waals surface area contributed by atoms with E-state index in [0.29, 0.717) is 5.39 Å². The second kappa shape index (κ2) is 5.33. The predicted octanol–water partition coefficient (Wildman–Crippen LogP) is 3.88. The lowest BCUT2D eigenvalue weighted by Crippen LogP contribution is -2.10. The fraction of sp³-hybridized carbons (Fsp3) is 0.143. The Morgan fingerprint density at radius 3 is 2.95 bits per heavy atom. The highest BCUT2D eigenvalue weighted by Gasteiger charge is 2.13. The molecule has 3 aromatic rings. The molecule has 0 radical (unpaired) electrons. The lowest BCUT2D eigenvalue weighted by atomic mass is 10.1. The molecule has 0 saturated heterocycles. The first-order valence-electron chi connectivity index (χ1n) is 6.16. The van der Waals surface area contributed by atoms with Gasteiger partial charge < -0.3 is 10.3 Å². The minimum absolute atomic E-state index is 0.112. The van der Waals surface area contributed by atoms with Crippen molar-refractivity contribution in [2.45, 2.75) is 6.92 Å². The molecule has 0 saturated carbocycles. The topological polar surface area (TPSA) is 57.8 Å². The SMILES string of the molecule is CCNc1nc2c(I)c[nH]c(=O)c2c2cc(Br)ccc12. The average molecular weight is 444 g/mol. The van der Waals surface area contributed by atoms with Crippen LogP contribution in [0.3, 0.4) is 0 Å². The first-order valence-corrected chi connectivity index (χ1v) is 8.03. The maximum Gasteiger partial charge on any atom is 0.258 e. The van der Waals surface area contributed by atoms with E-state index in [1.807, 2.05) is 25.1 Å². The molecule has 6 heteroatoms. The number of hydrogen-bond donors (Lipinski definition) is 2. The van der Waals surface area contributed by atoms with Crippen molar-refractivity contribution >= 4 is 66.0 Å². The van der Waals surface area contributed by atoms with Crippen molar-refractivity contribution in [1.29, 1.82) is 0 Å². The summed E-state index contributed by atoms with van der Waals surface area (Å²) in [7, 11) is 0. The van der Waals surface area contributed by atoms with Crippen LogP contribution in [0.5, 0.6) is 0 Å². The number of pyridine rings is 2. The standard InChI is InChI=1S/C14H11BrIN3O/c1-2-17-13-8-4-3-7(15)5-9(8)11-12(19-13)10(16)6-18-14(11)20/h3-6H,2H2,1H3,(H,17,19)(H,18,20). The van der Waals surface area contributed by atoms with E-state index >= 15 is 0 Å². The molecule has 20 heavy (non-hydrogen) atoms. The minimum atomic E-state index is -0.112. The predicted molar refractivity (Wildman–Crippen MR) is 94.5 cm³/mol. The van der Waals surface area contributed by atoms with Gasteiger partial charge in [0.15, 0.2) is 0 Å². The molecule has 1 aromatic carbocycles.